The molecule has 0 atom stereocenters. The van der Waals surface area contributed by atoms with Gasteiger partial charge in [-0.25, -0.2) is 0 Å². The molecular formula is C62H57N3Pt. The molecular weight excluding hydrogens is 982 g/mol. The third-order valence-corrected chi connectivity index (χ3v) is 14.4. The zero-order valence-corrected chi connectivity index (χ0v) is 42.6. The van der Waals surface area contributed by atoms with Crippen molar-refractivity contribution in [3.63, 3.8) is 0 Å². The minimum Gasteiger partial charge on any atom is -0.313 e. The van der Waals surface area contributed by atoms with Gasteiger partial charge in [0.1, 0.15) is 5.82 Å². The molecule has 3 heterocycles. The van der Waals surface area contributed by atoms with Crippen molar-refractivity contribution in [3.05, 3.63) is 195 Å². The zero-order chi connectivity index (χ0) is 45.5. The minimum absolute atomic E-state index is 0. The van der Waals surface area contributed by atoms with Gasteiger partial charge in [0.2, 0.25) is 0 Å². The second-order valence-corrected chi connectivity index (χ2v) is 21.9. The molecule has 0 unspecified atom stereocenters. The Morgan fingerprint density at radius 2 is 1.17 bits per heavy atom. The fourth-order valence-electron chi connectivity index (χ4n) is 11.0. The van der Waals surface area contributed by atoms with E-state index in [1.165, 1.54) is 77.7 Å². The van der Waals surface area contributed by atoms with Gasteiger partial charge in [-0.05, 0) is 132 Å². The van der Waals surface area contributed by atoms with E-state index in [9.17, 15) is 0 Å². The van der Waals surface area contributed by atoms with Crippen molar-refractivity contribution in [1.29, 1.82) is 0 Å². The van der Waals surface area contributed by atoms with Gasteiger partial charge in [0.15, 0.2) is 0 Å². The van der Waals surface area contributed by atoms with Gasteiger partial charge < -0.3 is 9.55 Å². The molecule has 11 rings (SSSR count). The smallest absolute Gasteiger partial charge is 0.313 e. The van der Waals surface area contributed by atoms with Crippen molar-refractivity contribution >= 4 is 21.8 Å². The van der Waals surface area contributed by atoms with Crippen LogP contribution in [-0.4, -0.2) is 14.5 Å². The summed E-state index contributed by atoms with van der Waals surface area (Å²) >= 11 is 0. The van der Waals surface area contributed by atoms with E-state index >= 15 is 0 Å². The summed E-state index contributed by atoms with van der Waals surface area (Å²) in [4.78, 5) is 10.5. The van der Waals surface area contributed by atoms with Gasteiger partial charge in [0, 0.05) is 17.1 Å². The van der Waals surface area contributed by atoms with E-state index in [0.717, 1.165) is 50.3 Å². The first-order valence-electron chi connectivity index (χ1n) is 23.2. The molecule has 0 fully saturated rings. The molecule has 4 heteroatoms. The molecule has 3 aromatic heterocycles. The summed E-state index contributed by atoms with van der Waals surface area (Å²) < 4.78 is 2.33. The van der Waals surface area contributed by atoms with E-state index in [0.29, 0.717) is 0 Å². The molecule has 1 spiro atoms. The van der Waals surface area contributed by atoms with E-state index in [1.54, 1.807) is 0 Å². The van der Waals surface area contributed by atoms with Crippen LogP contribution in [0.2, 0.25) is 0 Å². The molecule has 330 valence electrons. The number of pyridine rings is 2. The molecule has 3 nitrogen and oxygen atoms in total. The molecule has 0 saturated heterocycles. The summed E-state index contributed by atoms with van der Waals surface area (Å²) in [5, 5.41) is 2.30. The van der Waals surface area contributed by atoms with Crippen molar-refractivity contribution in [2.75, 3.05) is 0 Å². The van der Waals surface area contributed by atoms with E-state index in [4.69, 9.17) is 9.97 Å². The van der Waals surface area contributed by atoms with Crippen LogP contribution in [0.4, 0.5) is 0 Å². The number of aryl methyl sites for hydroxylation is 3. The average Bonchev–Trinajstić information content (AvgIpc) is 3.85. The predicted octanol–water partition coefficient (Wildman–Crippen LogP) is 15.7. The molecule has 2 aliphatic rings. The Bertz CT molecular complexity index is 3370. The first-order chi connectivity index (χ1) is 30.8. The van der Waals surface area contributed by atoms with Crippen LogP contribution in [0.5, 0.6) is 0 Å². The first-order valence-corrected chi connectivity index (χ1v) is 23.2. The summed E-state index contributed by atoms with van der Waals surface area (Å²) in [5.74, 6) is 0.857. The summed E-state index contributed by atoms with van der Waals surface area (Å²) in [6, 6.07) is 53.6. The fourth-order valence-corrected chi connectivity index (χ4v) is 11.0. The van der Waals surface area contributed by atoms with Crippen LogP contribution in [0, 0.1) is 32.9 Å². The van der Waals surface area contributed by atoms with Crippen LogP contribution in [-0.2, 0) is 42.7 Å². The second kappa shape index (κ2) is 15.1. The molecule has 0 aliphatic heterocycles. The fraction of sp³-hybridized carbons (Fsp3) is 0.258. The van der Waals surface area contributed by atoms with Gasteiger partial charge >= 0.3 is 21.1 Å². The van der Waals surface area contributed by atoms with Gasteiger partial charge in [-0.15, -0.1) is 58.7 Å². The van der Waals surface area contributed by atoms with Crippen molar-refractivity contribution < 1.29 is 21.1 Å². The summed E-state index contributed by atoms with van der Waals surface area (Å²) in [7, 11) is 0. The average molecular weight is 1040 g/mol. The minimum atomic E-state index is -0.538. The van der Waals surface area contributed by atoms with Crippen molar-refractivity contribution in [3.8, 4) is 50.6 Å². The quantitative estimate of drug-likeness (QED) is 0.165. The molecule has 6 aromatic carbocycles. The van der Waals surface area contributed by atoms with E-state index in [1.807, 2.05) is 18.3 Å². The van der Waals surface area contributed by atoms with Gasteiger partial charge in [0.25, 0.3) is 0 Å². The number of hydrogen-bond acceptors (Lipinski definition) is 2. The van der Waals surface area contributed by atoms with Crippen LogP contribution in [0.3, 0.4) is 0 Å². The van der Waals surface area contributed by atoms with Crippen molar-refractivity contribution in [1.82, 2.24) is 14.5 Å². The molecule has 0 amide bonds. The summed E-state index contributed by atoms with van der Waals surface area (Å²) in [6.45, 7) is 27.4. The SMILES string of the molecule is Cc1[c-]c2c(cc1)C1(c3ccc(C(C)(C)C)cc3-c3cc(C(C)(C)C)ccc31)c1ccc(-n3c4[c-]c(-c5ccccn5)ccc4c4cc(-c5c(C)cc(C(C)(C)C)cc5C)ccc43)nc1-2.[Pt+2]. The van der Waals surface area contributed by atoms with Gasteiger partial charge in [0.05, 0.1) is 0 Å². The first kappa shape index (κ1) is 44.0. The standard InChI is InChI=1S/C62H57N3.Pt/c1-36-16-22-51-48(29-36)58-52(62(51)49-23-19-41(59(4,5)6)34-45(49)46-35-42(60(7,8)9)20-24-50(46)62)25-27-56(64-58)65-54-26-18-40(57-37(2)30-43(31-38(57)3)61(10,11)12)32-47(54)44-21-17-39(33-55(44)65)53-15-13-14-28-63-53;/h13-28,30-32,34-35H,1-12H3;/q-2;+2. The number of nitrogens with zero attached hydrogens (tertiary/aromatic N) is 3. The molecule has 0 bridgehead atoms. The summed E-state index contributed by atoms with van der Waals surface area (Å²) in [6.07, 6.45) is 1.85. The monoisotopic (exact) mass is 1040 g/mol. The number of rotatable bonds is 3. The van der Waals surface area contributed by atoms with Crippen LogP contribution in [0.15, 0.2) is 128 Å². The van der Waals surface area contributed by atoms with Crippen molar-refractivity contribution in [2.45, 2.75) is 105 Å². The molecule has 0 radical (unpaired) electrons. The molecule has 9 aromatic rings. The maximum Gasteiger partial charge on any atom is 2.00 e. The third-order valence-electron chi connectivity index (χ3n) is 14.4. The zero-order valence-electron chi connectivity index (χ0n) is 40.3. The number of benzene rings is 6. The number of hydrogen-bond donors (Lipinski definition) is 0. The third kappa shape index (κ3) is 6.55. The normalized spacial score (nSPS) is 13.8. The van der Waals surface area contributed by atoms with Crippen molar-refractivity contribution in [2.24, 2.45) is 0 Å². The van der Waals surface area contributed by atoms with Crippen LogP contribution in [0.25, 0.3) is 72.4 Å². The summed E-state index contributed by atoms with van der Waals surface area (Å²) in [5.41, 5.74) is 23.5. The Morgan fingerprint density at radius 3 is 1.77 bits per heavy atom. The predicted molar refractivity (Wildman–Crippen MR) is 272 cm³/mol. The maximum atomic E-state index is 5.80. The number of aromatic nitrogens is 3. The Labute approximate surface area is 405 Å². The van der Waals surface area contributed by atoms with E-state index < -0.39 is 5.41 Å². The Hall–Kier alpha value is -5.89. The van der Waals surface area contributed by atoms with Crippen LogP contribution in [0.1, 0.15) is 118 Å². The largest absolute Gasteiger partial charge is 2.00 e. The second-order valence-electron chi connectivity index (χ2n) is 21.9. The van der Waals surface area contributed by atoms with E-state index in [-0.39, 0.29) is 37.3 Å². The van der Waals surface area contributed by atoms with Gasteiger partial charge in [-0.1, -0.05) is 159 Å². The maximum absolute atomic E-state index is 5.80. The number of fused-ring (bicyclic) bond motifs is 13. The Balaban J connectivity index is 0.00000511. The van der Waals surface area contributed by atoms with E-state index in [2.05, 4.69) is 209 Å². The molecule has 2 aliphatic carbocycles. The molecule has 0 N–H and O–H groups in total. The van der Waals surface area contributed by atoms with Crippen LogP contribution < -0.4 is 0 Å². The molecule has 66 heavy (non-hydrogen) atoms. The molecule has 0 saturated carbocycles. The van der Waals surface area contributed by atoms with Gasteiger partial charge in [-0.3, -0.25) is 4.98 Å². The Kier molecular flexibility index (Phi) is 10.0. The van der Waals surface area contributed by atoms with Gasteiger partial charge in [-0.2, -0.15) is 0 Å². The van der Waals surface area contributed by atoms with Crippen LogP contribution >= 0.6 is 0 Å². The Morgan fingerprint density at radius 1 is 0.545 bits per heavy atom. The topological polar surface area (TPSA) is 30.7 Å².